The van der Waals surface area contributed by atoms with Crippen LogP contribution in [0.2, 0.25) is 0 Å². The number of piperidine rings is 1. The average molecular weight is 336 g/mol. The van der Waals surface area contributed by atoms with Gasteiger partial charge in [-0.15, -0.1) is 0 Å². The molecule has 7 heteroatoms. The number of halogens is 1. The van der Waals surface area contributed by atoms with Gasteiger partial charge >= 0.3 is 6.09 Å². The second-order valence-electron chi connectivity index (χ2n) is 7.78. The topological polar surface area (TPSA) is 78.4 Å². The first-order chi connectivity index (χ1) is 11.3. The molecule has 0 spiro atoms. The third-order valence-electron chi connectivity index (χ3n) is 5.47. The number of amides is 1. The molecule has 2 fully saturated rings. The van der Waals surface area contributed by atoms with E-state index in [1.165, 1.54) is 6.33 Å². The Labute approximate surface area is 141 Å². The summed E-state index contributed by atoms with van der Waals surface area (Å²) in [6.07, 6.45) is 3.47. The number of nitrogens with zero attached hydrogens (tertiary/aromatic N) is 3. The molecule has 1 saturated heterocycles. The van der Waals surface area contributed by atoms with E-state index in [4.69, 9.17) is 5.11 Å². The number of aromatic nitrogens is 2. The number of nitrogens with one attached hydrogen (secondary N) is 1. The van der Waals surface area contributed by atoms with Crippen LogP contribution in [0.3, 0.4) is 0 Å². The standard InChI is InChI=1S/C17H25FN4O2/c1-10-14(18)15(20-9-19-10)22-7-11-4-5-12(8-22)13(11)6-17(2,3)21-16(23)24/h9,11-13,21H,4-8H2,1-3H3,(H,23,24)/t11-,12+,13?. The minimum absolute atomic E-state index is 0.330. The molecule has 2 heterocycles. The number of rotatable bonds is 4. The van der Waals surface area contributed by atoms with Crippen LogP contribution in [0.25, 0.3) is 0 Å². The Morgan fingerprint density at radius 2 is 2.00 bits per heavy atom. The van der Waals surface area contributed by atoms with Crippen LogP contribution >= 0.6 is 0 Å². The molecule has 0 radical (unpaired) electrons. The summed E-state index contributed by atoms with van der Waals surface area (Å²) in [5.74, 6) is 1.44. The van der Waals surface area contributed by atoms with Crippen molar-refractivity contribution >= 4 is 11.9 Å². The van der Waals surface area contributed by atoms with Crippen molar-refractivity contribution < 1.29 is 14.3 Å². The molecule has 1 aliphatic carbocycles. The lowest BCUT2D eigenvalue weighted by Crippen LogP contribution is -2.49. The minimum atomic E-state index is -0.983. The Hall–Kier alpha value is -1.92. The van der Waals surface area contributed by atoms with Crippen LogP contribution in [0.1, 0.15) is 38.8 Å². The lowest BCUT2D eigenvalue weighted by Gasteiger charge is -2.41. The molecule has 132 valence electrons. The van der Waals surface area contributed by atoms with E-state index in [1.807, 2.05) is 18.7 Å². The average Bonchev–Trinajstić information content (AvgIpc) is 2.70. The summed E-state index contributed by atoms with van der Waals surface area (Å²) < 4.78 is 14.3. The molecule has 1 aromatic heterocycles. The maximum Gasteiger partial charge on any atom is 0.405 e. The highest BCUT2D eigenvalue weighted by Gasteiger charge is 2.45. The number of aryl methyl sites for hydroxylation is 1. The molecule has 3 atom stereocenters. The van der Waals surface area contributed by atoms with Gasteiger partial charge in [0.2, 0.25) is 0 Å². The number of fused-ring (bicyclic) bond motifs is 2. The SMILES string of the molecule is Cc1ncnc(N2C[C@H]3CC[C@@H](C2)C3CC(C)(C)NC(=O)O)c1F. The van der Waals surface area contributed by atoms with Crippen molar-refractivity contribution in [1.82, 2.24) is 15.3 Å². The second kappa shape index (κ2) is 6.18. The van der Waals surface area contributed by atoms with Crippen LogP contribution in [-0.2, 0) is 0 Å². The largest absolute Gasteiger partial charge is 0.465 e. The summed E-state index contributed by atoms with van der Waals surface area (Å²) in [6.45, 7) is 7.07. The lowest BCUT2D eigenvalue weighted by atomic mass is 9.77. The molecule has 1 saturated carbocycles. The van der Waals surface area contributed by atoms with Crippen molar-refractivity contribution in [2.45, 2.75) is 45.6 Å². The van der Waals surface area contributed by atoms with E-state index < -0.39 is 11.6 Å². The molecule has 2 bridgehead atoms. The van der Waals surface area contributed by atoms with Crippen molar-refractivity contribution in [2.75, 3.05) is 18.0 Å². The first kappa shape index (κ1) is 16.9. The van der Waals surface area contributed by atoms with Crippen molar-refractivity contribution in [3.63, 3.8) is 0 Å². The smallest absolute Gasteiger partial charge is 0.405 e. The predicted octanol–water partition coefficient (Wildman–Crippen LogP) is 2.82. The highest BCUT2D eigenvalue weighted by molar-refractivity contribution is 5.65. The maximum atomic E-state index is 14.3. The van der Waals surface area contributed by atoms with Crippen LogP contribution < -0.4 is 10.2 Å². The number of hydrogen-bond acceptors (Lipinski definition) is 4. The quantitative estimate of drug-likeness (QED) is 0.884. The molecule has 6 nitrogen and oxygen atoms in total. The summed E-state index contributed by atoms with van der Waals surface area (Å²) in [5.41, 5.74) is -0.0720. The summed E-state index contributed by atoms with van der Waals surface area (Å²) in [7, 11) is 0. The second-order valence-corrected chi connectivity index (χ2v) is 7.78. The molecule has 1 amide bonds. The highest BCUT2D eigenvalue weighted by atomic mass is 19.1. The first-order valence-electron chi connectivity index (χ1n) is 8.50. The van der Waals surface area contributed by atoms with Gasteiger partial charge in [-0.2, -0.15) is 0 Å². The summed E-state index contributed by atoms with van der Waals surface area (Å²) >= 11 is 0. The van der Waals surface area contributed by atoms with Crippen molar-refractivity contribution in [3.05, 3.63) is 17.8 Å². The fourth-order valence-electron chi connectivity index (χ4n) is 4.44. The number of anilines is 1. The molecule has 0 aromatic carbocycles. The Bertz CT molecular complexity index is 623. The van der Waals surface area contributed by atoms with Gasteiger partial charge in [0.15, 0.2) is 11.6 Å². The molecule has 1 unspecified atom stereocenters. The minimum Gasteiger partial charge on any atom is -0.465 e. The summed E-state index contributed by atoms with van der Waals surface area (Å²) in [6, 6.07) is 0. The van der Waals surface area contributed by atoms with E-state index in [9.17, 15) is 9.18 Å². The van der Waals surface area contributed by atoms with Gasteiger partial charge in [0, 0.05) is 18.6 Å². The van der Waals surface area contributed by atoms with E-state index in [2.05, 4.69) is 15.3 Å². The van der Waals surface area contributed by atoms with E-state index in [0.717, 1.165) is 32.4 Å². The van der Waals surface area contributed by atoms with Gasteiger partial charge in [0.25, 0.3) is 0 Å². The van der Waals surface area contributed by atoms with Crippen LogP contribution in [0, 0.1) is 30.5 Å². The maximum absolute atomic E-state index is 14.3. The Morgan fingerprint density at radius 3 is 2.58 bits per heavy atom. The third kappa shape index (κ3) is 3.30. The summed E-state index contributed by atoms with van der Waals surface area (Å²) in [4.78, 5) is 21.1. The number of carbonyl (C=O) groups is 1. The molecule has 2 N–H and O–H groups in total. The fraction of sp³-hybridized carbons (Fsp3) is 0.706. The van der Waals surface area contributed by atoms with Gasteiger partial charge in [0.05, 0.1) is 5.69 Å². The Morgan fingerprint density at radius 1 is 1.38 bits per heavy atom. The predicted molar refractivity (Wildman–Crippen MR) is 88.5 cm³/mol. The van der Waals surface area contributed by atoms with E-state index in [0.29, 0.717) is 29.3 Å². The normalized spacial score (nSPS) is 26.5. The van der Waals surface area contributed by atoms with E-state index in [1.54, 1.807) is 6.92 Å². The third-order valence-corrected chi connectivity index (χ3v) is 5.47. The Balaban J connectivity index is 1.73. The molecule has 3 rings (SSSR count). The van der Waals surface area contributed by atoms with Gasteiger partial charge in [-0.1, -0.05) is 0 Å². The molecular weight excluding hydrogens is 311 g/mol. The molecule has 24 heavy (non-hydrogen) atoms. The van der Waals surface area contributed by atoms with Crippen LogP contribution in [0.15, 0.2) is 6.33 Å². The summed E-state index contributed by atoms with van der Waals surface area (Å²) in [5, 5.41) is 11.6. The van der Waals surface area contributed by atoms with Crippen molar-refractivity contribution in [3.8, 4) is 0 Å². The van der Waals surface area contributed by atoms with Gasteiger partial charge in [0.1, 0.15) is 6.33 Å². The monoisotopic (exact) mass is 336 g/mol. The van der Waals surface area contributed by atoms with E-state index >= 15 is 0 Å². The van der Waals surface area contributed by atoms with Crippen LogP contribution in [-0.4, -0.2) is 39.8 Å². The number of hydrogen-bond donors (Lipinski definition) is 2. The zero-order valence-electron chi connectivity index (χ0n) is 14.4. The zero-order chi connectivity index (χ0) is 17.5. The van der Waals surface area contributed by atoms with Crippen LogP contribution in [0.4, 0.5) is 15.0 Å². The van der Waals surface area contributed by atoms with Gasteiger partial charge < -0.3 is 15.3 Å². The highest BCUT2D eigenvalue weighted by Crippen LogP contribution is 2.46. The van der Waals surface area contributed by atoms with Gasteiger partial charge in [-0.25, -0.2) is 19.2 Å². The fourth-order valence-corrected chi connectivity index (χ4v) is 4.44. The van der Waals surface area contributed by atoms with E-state index in [-0.39, 0.29) is 5.82 Å². The molecule has 1 aliphatic heterocycles. The van der Waals surface area contributed by atoms with Crippen molar-refractivity contribution in [2.24, 2.45) is 17.8 Å². The molecule has 1 aromatic rings. The molecular formula is C17H25FN4O2. The zero-order valence-corrected chi connectivity index (χ0v) is 14.4. The number of carboxylic acid groups (broad SMARTS) is 1. The van der Waals surface area contributed by atoms with Gasteiger partial charge in [-0.05, 0) is 57.8 Å². The Kier molecular flexibility index (Phi) is 4.36. The lowest BCUT2D eigenvalue weighted by molar-refractivity contribution is 0.160. The van der Waals surface area contributed by atoms with Crippen molar-refractivity contribution in [1.29, 1.82) is 0 Å². The van der Waals surface area contributed by atoms with Gasteiger partial charge in [-0.3, -0.25) is 0 Å². The van der Waals surface area contributed by atoms with Crippen LogP contribution in [0.5, 0.6) is 0 Å². The first-order valence-corrected chi connectivity index (χ1v) is 8.50. The molecule has 2 aliphatic rings.